The van der Waals surface area contributed by atoms with Gasteiger partial charge in [0.25, 0.3) is 0 Å². The van der Waals surface area contributed by atoms with Crippen LogP contribution in [0.25, 0.3) is 0 Å². The van der Waals surface area contributed by atoms with Crippen molar-refractivity contribution in [3.05, 3.63) is 29.8 Å². The zero-order valence-electron chi connectivity index (χ0n) is 17.8. The van der Waals surface area contributed by atoms with Gasteiger partial charge in [0.1, 0.15) is 11.8 Å². The molecule has 6 nitrogen and oxygen atoms in total. The summed E-state index contributed by atoms with van der Waals surface area (Å²) < 4.78 is 5.28. The standard InChI is InChI=1S/C23H34N4O2/c1-24-13-14-26-21(17-24)22(28)27(16-19-3-4-19)23(26)9-11-25(12-10-23)15-18-5-7-20(29-2)8-6-18/h5-8,19,21H,3-4,9-17H2,1-2H3/t21-/m1/s1. The number of fused-ring (bicyclic) bond motifs is 2. The normalized spacial score (nSPS) is 28.1. The summed E-state index contributed by atoms with van der Waals surface area (Å²) in [5.41, 5.74) is 1.29. The fraction of sp³-hybridized carbons (Fsp3) is 0.696. The van der Waals surface area contributed by atoms with E-state index in [0.717, 1.165) is 70.3 Å². The number of hydrogen-bond acceptors (Lipinski definition) is 5. The smallest absolute Gasteiger partial charge is 0.242 e. The van der Waals surface area contributed by atoms with Gasteiger partial charge >= 0.3 is 0 Å². The summed E-state index contributed by atoms with van der Waals surface area (Å²) in [7, 11) is 3.86. The van der Waals surface area contributed by atoms with Crippen molar-refractivity contribution < 1.29 is 9.53 Å². The van der Waals surface area contributed by atoms with Gasteiger partial charge in [-0.25, -0.2) is 0 Å². The number of piperidine rings is 1. The summed E-state index contributed by atoms with van der Waals surface area (Å²) in [5, 5.41) is 0. The number of ether oxygens (including phenoxy) is 1. The van der Waals surface area contributed by atoms with Crippen molar-refractivity contribution >= 4 is 5.91 Å². The van der Waals surface area contributed by atoms with E-state index in [1.54, 1.807) is 7.11 Å². The average Bonchev–Trinajstić information content (AvgIpc) is 3.54. The number of carbonyl (C=O) groups is 1. The maximum absolute atomic E-state index is 13.4. The van der Waals surface area contributed by atoms with Crippen LogP contribution >= 0.6 is 0 Å². The van der Waals surface area contributed by atoms with Crippen LogP contribution < -0.4 is 4.74 Å². The zero-order valence-corrected chi connectivity index (χ0v) is 17.8. The van der Waals surface area contributed by atoms with Gasteiger partial charge in [0.2, 0.25) is 5.91 Å². The Labute approximate surface area is 174 Å². The van der Waals surface area contributed by atoms with Crippen molar-refractivity contribution in [3.8, 4) is 5.75 Å². The highest BCUT2D eigenvalue weighted by molar-refractivity contribution is 5.85. The average molecular weight is 399 g/mol. The topological polar surface area (TPSA) is 39.3 Å². The quantitative estimate of drug-likeness (QED) is 0.757. The maximum Gasteiger partial charge on any atom is 0.242 e. The molecule has 0 radical (unpaired) electrons. The van der Waals surface area contributed by atoms with Crippen LogP contribution in [0.5, 0.6) is 5.75 Å². The number of carbonyl (C=O) groups excluding carboxylic acids is 1. The highest BCUT2D eigenvalue weighted by Crippen LogP contribution is 2.44. The van der Waals surface area contributed by atoms with Crippen LogP contribution in [0.3, 0.4) is 0 Å². The summed E-state index contributed by atoms with van der Waals surface area (Å²) in [4.78, 5) is 23.2. The number of likely N-dealkylation sites (tertiary alicyclic amines) is 1. The van der Waals surface area contributed by atoms with Crippen LogP contribution in [0.2, 0.25) is 0 Å². The third-order valence-electron chi connectivity index (χ3n) is 7.53. The summed E-state index contributed by atoms with van der Waals surface area (Å²) in [6, 6.07) is 8.49. The Bertz CT molecular complexity index is 740. The second kappa shape index (κ2) is 7.56. The van der Waals surface area contributed by atoms with Crippen molar-refractivity contribution in [3.63, 3.8) is 0 Å². The zero-order chi connectivity index (χ0) is 20.0. The number of rotatable bonds is 5. The second-order valence-electron chi connectivity index (χ2n) is 9.47. The predicted molar refractivity (Wildman–Crippen MR) is 113 cm³/mol. The molecule has 0 bridgehead atoms. The molecule has 158 valence electrons. The minimum Gasteiger partial charge on any atom is -0.497 e. The molecule has 0 N–H and O–H groups in total. The van der Waals surface area contributed by atoms with E-state index in [1.807, 2.05) is 12.1 Å². The summed E-state index contributed by atoms with van der Waals surface area (Å²) in [6.07, 6.45) is 4.74. The van der Waals surface area contributed by atoms with Gasteiger partial charge < -0.3 is 14.5 Å². The number of piperazine rings is 1. The van der Waals surface area contributed by atoms with E-state index in [4.69, 9.17) is 4.74 Å². The molecule has 1 aliphatic carbocycles. The lowest BCUT2D eigenvalue weighted by Gasteiger charge is -2.51. The second-order valence-corrected chi connectivity index (χ2v) is 9.47. The maximum atomic E-state index is 13.4. The van der Waals surface area contributed by atoms with Crippen molar-refractivity contribution in [1.29, 1.82) is 0 Å². The first-order valence-electron chi connectivity index (χ1n) is 11.2. The van der Waals surface area contributed by atoms with Gasteiger partial charge in [-0.15, -0.1) is 0 Å². The molecule has 3 heterocycles. The minimum atomic E-state index is -0.0397. The first kappa shape index (κ1) is 19.3. The van der Waals surface area contributed by atoms with E-state index < -0.39 is 0 Å². The van der Waals surface area contributed by atoms with Crippen LogP contribution in [-0.2, 0) is 11.3 Å². The monoisotopic (exact) mass is 398 g/mol. The van der Waals surface area contributed by atoms with E-state index >= 15 is 0 Å². The van der Waals surface area contributed by atoms with E-state index in [0.29, 0.717) is 5.91 Å². The Morgan fingerprint density at radius 2 is 1.79 bits per heavy atom. The van der Waals surface area contributed by atoms with Gasteiger partial charge in [-0.1, -0.05) is 12.1 Å². The highest BCUT2D eigenvalue weighted by Gasteiger charge is 2.58. The van der Waals surface area contributed by atoms with Crippen LogP contribution in [0, 0.1) is 5.92 Å². The van der Waals surface area contributed by atoms with Crippen LogP contribution in [0.15, 0.2) is 24.3 Å². The molecule has 0 aromatic heterocycles. The Kier molecular flexibility index (Phi) is 5.04. The molecule has 1 amide bonds. The number of likely N-dealkylation sites (N-methyl/N-ethyl adjacent to an activating group) is 1. The highest BCUT2D eigenvalue weighted by atomic mass is 16.5. The summed E-state index contributed by atoms with van der Waals surface area (Å²) in [6.45, 7) is 7.04. The van der Waals surface area contributed by atoms with Gasteiger partial charge in [0, 0.05) is 45.8 Å². The largest absolute Gasteiger partial charge is 0.497 e. The number of amides is 1. The fourth-order valence-corrected chi connectivity index (χ4v) is 5.60. The molecule has 1 aromatic rings. The van der Waals surface area contributed by atoms with Gasteiger partial charge in [0.15, 0.2) is 0 Å². The SMILES string of the molecule is COc1ccc(CN2CCC3(CC2)N(CC2CC2)C(=O)[C@H]2CN(C)CCN23)cc1. The Morgan fingerprint density at radius 1 is 1.07 bits per heavy atom. The molecule has 29 heavy (non-hydrogen) atoms. The van der Waals surface area contributed by atoms with E-state index in [-0.39, 0.29) is 11.7 Å². The number of hydrogen-bond donors (Lipinski definition) is 0. The first-order chi connectivity index (χ1) is 14.1. The predicted octanol–water partition coefficient (Wildman–Crippen LogP) is 1.86. The molecular weight excluding hydrogens is 364 g/mol. The number of nitrogens with zero attached hydrogens (tertiary/aromatic N) is 4. The fourth-order valence-electron chi connectivity index (χ4n) is 5.60. The van der Waals surface area contributed by atoms with Gasteiger partial charge in [-0.05, 0) is 56.3 Å². The molecule has 6 heteroatoms. The Hall–Kier alpha value is -1.63. The van der Waals surface area contributed by atoms with Crippen molar-refractivity contribution in [2.45, 2.75) is 43.9 Å². The van der Waals surface area contributed by atoms with E-state index in [2.05, 4.69) is 38.8 Å². The van der Waals surface area contributed by atoms with E-state index in [9.17, 15) is 4.79 Å². The third kappa shape index (κ3) is 3.56. The third-order valence-corrected chi connectivity index (χ3v) is 7.53. The molecule has 4 fully saturated rings. The van der Waals surface area contributed by atoms with Gasteiger partial charge in [-0.2, -0.15) is 0 Å². The molecule has 1 spiro atoms. The van der Waals surface area contributed by atoms with Gasteiger partial charge in [0.05, 0.1) is 12.8 Å². The van der Waals surface area contributed by atoms with E-state index in [1.165, 1.54) is 18.4 Å². The molecule has 1 aromatic carbocycles. The van der Waals surface area contributed by atoms with Gasteiger partial charge in [-0.3, -0.25) is 14.6 Å². The summed E-state index contributed by atoms with van der Waals surface area (Å²) >= 11 is 0. The molecule has 4 aliphatic rings. The van der Waals surface area contributed by atoms with Crippen LogP contribution in [0.1, 0.15) is 31.2 Å². The Morgan fingerprint density at radius 3 is 2.45 bits per heavy atom. The molecule has 5 rings (SSSR count). The first-order valence-corrected chi connectivity index (χ1v) is 11.2. The molecule has 0 unspecified atom stereocenters. The molecule has 1 saturated carbocycles. The molecule has 3 aliphatic heterocycles. The lowest BCUT2D eigenvalue weighted by atomic mass is 9.93. The van der Waals surface area contributed by atoms with Crippen molar-refractivity contribution in [2.24, 2.45) is 5.92 Å². The van der Waals surface area contributed by atoms with Crippen molar-refractivity contribution in [1.82, 2.24) is 19.6 Å². The van der Waals surface area contributed by atoms with Crippen LogP contribution in [0.4, 0.5) is 0 Å². The number of methoxy groups -OCH3 is 1. The summed E-state index contributed by atoms with van der Waals surface area (Å²) in [5.74, 6) is 2.05. The number of benzene rings is 1. The van der Waals surface area contributed by atoms with Crippen molar-refractivity contribution in [2.75, 3.05) is 53.4 Å². The molecule has 3 saturated heterocycles. The molecular formula is C23H34N4O2. The lowest BCUT2D eigenvalue weighted by molar-refractivity contribution is -0.134. The van der Waals surface area contributed by atoms with Crippen LogP contribution in [-0.4, -0.2) is 90.6 Å². The molecule has 1 atom stereocenters. The minimum absolute atomic E-state index is 0.0397. The Balaban J connectivity index is 1.30. The lowest BCUT2D eigenvalue weighted by Crippen LogP contribution is -2.63.